The molecule has 12 nitrogen and oxygen atoms in total. The number of carboxylic acid groups (broad SMARTS) is 1. The highest BCUT2D eigenvalue weighted by Crippen LogP contribution is 2.32. The number of morpholine rings is 1. The number of phenolic OH excluding ortho intramolecular Hbond substituents is 1. The number of fused-ring (bicyclic) bond motifs is 1. The summed E-state index contributed by atoms with van der Waals surface area (Å²) in [5.41, 5.74) is 1.42. The van der Waals surface area contributed by atoms with Crippen molar-refractivity contribution >= 4 is 45.3 Å². The van der Waals surface area contributed by atoms with Gasteiger partial charge < -0.3 is 40.2 Å². The summed E-state index contributed by atoms with van der Waals surface area (Å²) in [7, 11) is 0. The van der Waals surface area contributed by atoms with Crippen molar-refractivity contribution in [2.45, 2.75) is 89.8 Å². The summed E-state index contributed by atoms with van der Waals surface area (Å²) in [6.45, 7) is 12.5. The first kappa shape index (κ1) is 38.9. The lowest BCUT2D eigenvalue weighted by atomic mass is 9.89. The molecule has 272 valence electrons. The molecule has 5 N–H and O–H groups in total. The molecule has 0 saturated carbocycles. The van der Waals surface area contributed by atoms with Gasteiger partial charge in [-0.3, -0.25) is 14.4 Å². The van der Waals surface area contributed by atoms with Gasteiger partial charge in [0.05, 0.1) is 34.6 Å². The number of rotatable bonds is 15. The Morgan fingerprint density at radius 3 is 2.55 bits per heavy atom. The van der Waals surface area contributed by atoms with Crippen molar-refractivity contribution in [1.82, 2.24) is 25.1 Å². The number of phenols is 1. The summed E-state index contributed by atoms with van der Waals surface area (Å²) in [6, 6.07) is 3.21. The number of ether oxygens (including phenoxy) is 1. The van der Waals surface area contributed by atoms with Crippen molar-refractivity contribution < 1.29 is 29.6 Å². The molecule has 3 aromatic rings. The standard InChI is InChI=1S/C34H51N5O5S2.CH2O2/c1-23(2)31-36-26(21-45-31)32(42)39-17-18-44-34(22-39)12-15-38(16-13-34)14-8-6-4-5-7-9-24(3)19-35-20-28(41)25-10-11-27(40)29-30(25)46-33(43)37-29;2-1-3/h10-11,21,23-24,28,35,40-41H,4-9,12-20,22H2,1-3H3,(H,37,43);1H,(H,2,3)/t24?,28-;/m0./s1. The average molecular weight is 720 g/mol. The summed E-state index contributed by atoms with van der Waals surface area (Å²) in [4.78, 5) is 44.8. The lowest BCUT2D eigenvalue weighted by Gasteiger charge is -2.47. The molecule has 1 amide bonds. The number of carbonyl (C=O) groups is 2. The molecule has 2 aliphatic rings. The molecule has 2 aromatic heterocycles. The van der Waals surface area contributed by atoms with Crippen LogP contribution < -0.4 is 10.2 Å². The minimum atomic E-state index is -0.742. The maximum absolute atomic E-state index is 13.2. The SMILES string of the molecule is CC(CCCCCCCN1CCC2(CC1)CN(C(=O)c1csc(C(C)C)n1)CCO2)CNC[C@H](O)c1ccc(O)c2[nH]c(=O)sc12.O=CO. The Labute approximate surface area is 296 Å². The number of hydrogen-bond acceptors (Lipinski definition) is 11. The number of likely N-dealkylation sites (tertiary alicyclic amines) is 1. The monoisotopic (exact) mass is 719 g/mol. The number of aromatic hydroxyl groups is 1. The van der Waals surface area contributed by atoms with Gasteiger partial charge in [0, 0.05) is 43.0 Å². The van der Waals surface area contributed by atoms with Gasteiger partial charge in [-0.1, -0.05) is 63.9 Å². The quantitative estimate of drug-likeness (QED) is 0.104. The highest BCUT2D eigenvalue weighted by molar-refractivity contribution is 7.16. The number of aromatic amines is 1. The van der Waals surface area contributed by atoms with E-state index in [2.05, 4.69) is 41.0 Å². The molecule has 2 aliphatic heterocycles. The Bertz CT molecular complexity index is 1530. The van der Waals surface area contributed by atoms with Crippen LogP contribution in [0.1, 0.15) is 105 Å². The molecule has 14 heteroatoms. The third kappa shape index (κ3) is 11.1. The molecular weight excluding hydrogens is 667 g/mol. The molecule has 2 fully saturated rings. The minimum Gasteiger partial charge on any atom is -0.506 e. The van der Waals surface area contributed by atoms with E-state index < -0.39 is 6.10 Å². The van der Waals surface area contributed by atoms with E-state index in [1.165, 1.54) is 38.2 Å². The van der Waals surface area contributed by atoms with Crippen molar-refractivity contribution in [1.29, 1.82) is 0 Å². The Morgan fingerprint density at radius 1 is 1.12 bits per heavy atom. The molecule has 0 radical (unpaired) electrons. The van der Waals surface area contributed by atoms with E-state index in [-0.39, 0.29) is 28.6 Å². The predicted octanol–water partition coefficient (Wildman–Crippen LogP) is 5.18. The smallest absolute Gasteiger partial charge is 0.305 e. The van der Waals surface area contributed by atoms with E-state index in [1.807, 2.05) is 10.3 Å². The topological polar surface area (TPSA) is 168 Å². The first-order valence-corrected chi connectivity index (χ1v) is 19.2. The van der Waals surface area contributed by atoms with Crippen LogP contribution in [0.15, 0.2) is 22.3 Å². The molecule has 0 bridgehead atoms. The Hall–Kier alpha value is -2.88. The van der Waals surface area contributed by atoms with Crippen LogP contribution in [0.25, 0.3) is 10.2 Å². The number of H-pyrrole nitrogens is 1. The van der Waals surface area contributed by atoms with Gasteiger partial charge in [-0.25, -0.2) is 4.98 Å². The van der Waals surface area contributed by atoms with Gasteiger partial charge in [-0.2, -0.15) is 0 Å². The van der Waals surface area contributed by atoms with Gasteiger partial charge in [-0.15, -0.1) is 11.3 Å². The molecular formula is C35H53N5O7S2. The van der Waals surface area contributed by atoms with Crippen LogP contribution in [0.4, 0.5) is 0 Å². The third-order valence-corrected chi connectivity index (χ3v) is 11.6. The van der Waals surface area contributed by atoms with Crippen molar-refractivity contribution in [2.75, 3.05) is 52.4 Å². The Balaban J connectivity index is 0.00000174. The highest BCUT2D eigenvalue weighted by Gasteiger charge is 2.41. The molecule has 1 spiro atoms. The lowest BCUT2D eigenvalue weighted by Crippen LogP contribution is -2.58. The summed E-state index contributed by atoms with van der Waals surface area (Å²) in [5.74, 6) is 0.922. The zero-order valence-electron chi connectivity index (χ0n) is 29.0. The highest BCUT2D eigenvalue weighted by atomic mass is 32.1. The molecule has 1 aromatic carbocycles. The summed E-state index contributed by atoms with van der Waals surface area (Å²) < 4.78 is 6.92. The van der Waals surface area contributed by atoms with Crippen molar-refractivity contribution in [3.63, 3.8) is 0 Å². The predicted molar refractivity (Wildman–Crippen MR) is 194 cm³/mol. The second kappa shape index (κ2) is 18.9. The number of nitrogens with zero attached hydrogens (tertiary/aromatic N) is 3. The second-order valence-electron chi connectivity index (χ2n) is 13.7. The Kier molecular flexibility index (Phi) is 15.0. The number of amides is 1. The molecule has 0 aliphatic carbocycles. The van der Waals surface area contributed by atoms with Crippen molar-refractivity contribution in [2.24, 2.45) is 5.92 Å². The van der Waals surface area contributed by atoms with Gasteiger partial charge in [0.2, 0.25) is 0 Å². The molecule has 4 heterocycles. The molecule has 49 heavy (non-hydrogen) atoms. The number of unbranched alkanes of at least 4 members (excludes halogenated alkanes) is 4. The summed E-state index contributed by atoms with van der Waals surface area (Å²) in [6.07, 6.45) is 8.52. The van der Waals surface area contributed by atoms with Crippen molar-refractivity contribution in [3.05, 3.63) is 43.4 Å². The first-order valence-electron chi connectivity index (χ1n) is 17.5. The summed E-state index contributed by atoms with van der Waals surface area (Å²) in [5, 5.41) is 33.9. The van der Waals surface area contributed by atoms with Crippen LogP contribution in [0.3, 0.4) is 0 Å². The van der Waals surface area contributed by atoms with Crippen LogP contribution in [0, 0.1) is 5.92 Å². The average Bonchev–Trinajstić information content (AvgIpc) is 3.73. The zero-order valence-corrected chi connectivity index (χ0v) is 30.6. The number of aromatic nitrogens is 2. The van der Waals surface area contributed by atoms with Crippen molar-refractivity contribution in [3.8, 4) is 5.75 Å². The van der Waals surface area contributed by atoms with E-state index in [0.717, 1.165) is 61.8 Å². The fourth-order valence-corrected chi connectivity index (χ4v) is 8.38. The van der Waals surface area contributed by atoms with Crippen LogP contribution in [0.5, 0.6) is 5.75 Å². The van der Waals surface area contributed by atoms with E-state index >= 15 is 0 Å². The van der Waals surface area contributed by atoms with E-state index in [0.29, 0.717) is 59.6 Å². The van der Waals surface area contributed by atoms with Crippen LogP contribution >= 0.6 is 22.7 Å². The number of aliphatic hydroxyl groups excluding tert-OH is 1. The number of aliphatic hydroxyl groups is 1. The molecule has 5 rings (SSSR count). The molecule has 2 atom stereocenters. The van der Waals surface area contributed by atoms with Crippen LogP contribution in [-0.2, 0) is 9.53 Å². The largest absolute Gasteiger partial charge is 0.506 e. The number of benzene rings is 1. The van der Waals surface area contributed by atoms with E-state index in [4.69, 9.17) is 14.6 Å². The van der Waals surface area contributed by atoms with E-state index in [9.17, 15) is 19.8 Å². The maximum Gasteiger partial charge on any atom is 0.305 e. The van der Waals surface area contributed by atoms with Gasteiger partial charge in [0.1, 0.15) is 17.0 Å². The van der Waals surface area contributed by atoms with Gasteiger partial charge in [-0.05, 0) is 50.8 Å². The third-order valence-electron chi connectivity index (χ3n) is 9.49. The van der Waals surface area contributed by atoms with Gasteiger partial charge in [0.25, 0.3) is 12.4 Å². The fraction of sp³-hybridized carbons (Fsp3) is 0.657. The number of thiazole rings is 2. The fourth-order valence-electron chi connectivity index (χ4n) is 6.66. The normalized spacial score (nSPS) is 17.6. The molecule has 2 saturated heterocycles. The lowest BCUT2D eigenvalue weighted by molar-refractivity contribution is -0.127. The Morgan fingerprint density at radius 2 is 1.84 bits per heavy atom. The first-order chi connectivity index (χ1) is 23.6. The minimum absolute atomic E-state index is 0.0235. The number of piperidine rings is 1. The van der Waals surface area contributed by atoms with E-state index in [1.54, 1.807) is 17.4 Å². The number of carbonyl (C=O) groups excluding carboxylic acids is 1. The number of nitrogens with one attached hydrogen (secondary N) is 2. The summed E-state index contributed by atoms with van der Waals surface area (Å²) >= 11 is 2.59. The maximum atomic E-state index is 13.2. The number of hydrogen-bond donors (Lipinski definition) is 5. The zero-order chi connectivity index (χ0) is 35.4. The van der Waals surface area contributed by atoms with Crippen LogP contribution in [-0.4, -0.2) is 105 Å². The van der Waals surface area contributed by atoms with Gasteiger partial charge in [0.15, 0.2) is 0 Å². The second-order valence-corrected chi connectivity index (χ2v) is 15.5. The van der Waals surface area contributed by atoms with Crippen LogP contribution in [0.2, 0.25) is 0 Å². The van der Waals surface area contributed by atoms with Gasteiger partial charge >= 0.3 is 4.87 Å². The molecule has 1 unspecified atom stereocenters.